The molecular weight excluding hydrogens is 308 g/mol. The van der Waals surface area contributed by atoms with Crippen molar-refractivity contribution in [3.05, 3.63) is 22.2 Å². The molecule has 0 spiro atoms. The zero-order chi connectivity index (χ0) is 13.8. The van der Waals surface area contributed by atoms with Crippen LogP contribution < -0.4 is 10.6 Å². The summed E-state index contributed by atoms with van der Waals surface area (Å²) >= 11 is 3.51. The van der Waals surface area contributed by atoms with Gasteiger partial charge in [0.05, 0.1) is 5.69 Å². The highest BCUT2D eigenvalue weighted by Crippen LogP contribution is 2.34. The zero-order valence-electron chi connectivity index (χ0n) is 11.0. The highest BCUT2D eigenvalue weighted by molar-refractivity contribution is 9.10. The number of phenols is 1. The molecule has 104 valence electrons. The number of nitrogens with one attached hydrogen (secondary N) is 2. The number of hydrogen-bond donors (Lipinski definition) is 3. The number of benzene rings is 1. The van der Waals surface area contributed by atoms with Gasteiger partial charge in [-0.3, -0.25) is 4.79 Å². The Bertz CT molecular complexity index is 471. The molecule has 1 aliphatic heterocycles. The standard InChI is InChI=1S/C14H19BrN2O2/c1-9(18)17-14-11(12(15)5-6-13(14)19)8-10-4-2-3-7-16-10/h5-6,10,16,19H,2-4,7-8H2,1H3,(H,17,18). The molecule has 1 unspecified atom stereocenters. The van der Waals surface area contributed by atoms with E-state index in [1.54, 1.807) is 6.07 Å². The Morgan fingerprint density at radius 2 is 2.32 bits per heavy atom. The summed E-state index contributed by atoms with van der Waals surface area (Å²) < 4.78 is 0.918. The van der Waals surface area contributed by atoms with E-state index in [2.05, 4.69) is 26.6 Å². The lowest BCUT2D eigenvalue weighted by atomic mass is 9.96. The van der Waals surface area contributed by atoms with Crippen molar-refractivity contribution < 1.29 is 9.90 Å². The molecule has 0 bridgehead atoms. The lowest BCUT2D eigenvalue weighted by molar-refractivity contribution is -0.114. The maximum Gasteiger partial charge on any atom is 0.221 e. The third kappa shape index (κ3) is 3.70. The molecule has 0 aromatic heterocycles. The molecule has 1 atom stereocenters. The molecule has 1 aromatic rings. The van der Waals surface area contributed by atoms with Crippen LogP contribution in [-0.4, -0.2) is 23.6 Å². The number of piperidine rings is 1. The maximum atomic E-state index is 11.3. The van der Waals surface area contributed by atoms with Crippen molar-refractivity contribution in [1.29, 1.82) is 0 Å². The van der Waals surface area contributed by atoms with Crippen molar-refractivity contribution >= 4 is 27.5 Å². The SMILES string of the molecule is CC(=O)Nc1c(O)ccc(Br)c1CC1CCCCN1. The van der Waals surface area contributed by atoms with E-state index in [0.717, 1.165) is 29.4 Å². The summed E-state index contributed by atoms with van der Waals surface area (Å²) in [4.78, 5) is 11.3. The van der Waals surface area contributed by atoms with Gasteiger partial charge in [-0.15, -0.1) is 0 Å². The van der Waals surface area contributed by atoms with Gasteiger partial charge in [0, 0.05) is 17.4 Å². The first-order chi connectivity index (χ1) is 9.08. The second-order valence-corrected chi connectivity index (χ2v) is 5.81. The van der Waals surface area contributed by atoms with Crippen molar-refractivity contribution in [2.45, 2.75) is 38.6 Å². The van der Waals surface area contributed by atoms with Crippen LogP contribution in [0.25, 0.3) is 0 Å². The molecule has 1 fully saturated rings. The fourth-order valence-corrected chi connectivity index (χ4v) is 2.96. The number of carbonyl (C=O) groups is 1. The third-order valence-corrected chi connectivity index (χ3v) is 4.14. The Labute approximate surface area is 121 Å². The van der Waals surface area contributed by atoms with Gasteiger partial charge in [-0.05, 0) is 43.5 Å². The number of rotatable bonds is 3. The smallest absolute Gasteiger partial charge is 0.221 e. The number of anilines is 1. The van der Waals surface area contributed by atoms with E-state index < -0.39 is 0 Å². The molecular formula is C14H19BrN2O2. The Balaban J connectivity index is 2.25. The summed E-state index contributed by atoms with van der Waals surface area (Å²) in [5, 5.41) is 16.1. The second kappa shape index (κ2) is 6.39. The zero-order valence-corrected chi connectivity index (χ0v) is 12.6. The molecule has 3 N–H and O–H groups in total. The van der Waals surface area contributed by atoms with Gasteiger partial charge < -0.3 is 15.7 Å². The second-order valence-electron chi connectivity index (χ2n) is 4.95. The number of aromatic hydroxyl groups is 1. The third-order valence-electron chi connectivity index (χ3n) is 3.40. The fourth-order valence-electron chi connectivity index (χ4n) is 2.47. The van der Waals surface area contributed by atoms with E-state index in [-0.39, 0.29) is 11.7 Å². The normalized spacial score (nSPS) is 19.2. The van der Waals surface area contributed by atoms with E-state index in [4.69, 9.17) is 0 Å². The van der Waals surface area contributed by atoms with E-state index in [1.165, 1.54) is 19.8 Å². The predicted molar refractivity (Wildman–Crippen MR) is 79.5 cm³/mol. The van der Waals surface area contributed by atoms with Crippen molar-refractivity contribution in [3.63, 3.8) is 0 Å². The Morgan fingerprint density at radius 1 is 1.53 bits per heavy atom. The molecule has 1 aromatic carbocycles. The highest BCUT2D eigenvalue weighted by Gasteiger charge is 2.19. The lowest BCUT2D eigenvalue weighted by Crippen LogP contribution is -2.35. The molecule has 2 rings (SSSR count). The topological polar surface area (TPSA) is 61.4 Å². The van der Waals surface area contributed by atoms with Gasteiger partial charge in [-0.25, -0.2) is 0 Å². The molecule has 1 heterocycles. The molecule has 1 amide bonds. The summed E-state index contributed by atoms with van der Waals surface area (Å²) in [5.41, 5.74) is 1.48. The number of amides is 1. The van der Waals surface area contributed by atoms with Crippen LogP contribution in [0.2, 0.25) is 0 Å². The summed E-state index contributed by atoms with van der Waals surface area (Å²) in [6, 6.07) is 3.81. The van der Waals surface area contributed by atoms with Gasteiger partial charge in [0.15, 0.2) is 0 Å². The van der Waals surface area contributed by atoms with Gasteiger partial charge in [0.2, 0.25) is 5.91 Å². The van der Waals surface area contributed by atoms with Crippen LogP contribution in [0, 0.1) is 0 Å². The van der Waals surface area contributed by atoms with E-state index in [9.17, 15) is 9.90 Å². The first-order valence-electron chi connectivity index (χ1n) is 6.59. The summed E-state index contributed by atoms with van der Waals surface area (Å²) in [7, 11) is 0. The number of halogens is 1. The van der Waals surface area contributed by atoms with Crippen LogP contribution in [-0.2, 0) is 11.2 Å². The molecule has 4 nitrogen and oxygen atoms in total. The molecule has 0 saturated carbocycles. The Kier molecular flexibility index (Phi) is 4.82. The van der Waals surface area contributed by atoms with Gasteiger partial charge in [0.25, 0.3) is 0 Å². The first-order valence-corrected chi connectivity index (χ1v) is 7.38. The van der Waals surface area contributed by atoms with Crippen LogP contribution in [0.4, 0.5) is 5.69 Å². The number of hydrogen-bond acceptors (Lipinski definition) is 3. The first kappa shape index (κ1) is 14.3. The van der Waals surface area contributed by atoms with Crippen LogP contribution in [0.5, 0.6) is 5.75 Å². The minimum atomic E-state index is -0.175. The van der Waals surface area contributed by atoms with Gasteiger partial charge in [0.1, 0.15) is 5.75 Å². The average Bonchev–Trinajstić information content (AvgIpc) is 2.39. The molecule has 5 heteroatoms. The maximum absolute atomic E-state index is 11.3. The Morgan fingerprint density at radius 3 is 2.95 bits per heavy atom. The number of carbonyl (C=O) groups excluding carboxylic acids is 1. The van der Waals surface area contributed by atoms with Gasteiger partial charge in [-0.2, -0.15) is 0 Å². The van der Waals surface area contributed by atoms with E-state index >= 15 is 0 Å². The average molecular weight is 327 g/mol. The van der Waals surface area contributed by atoms with E-state index in [0.29, 0.717) is 11.7 Å². The molecule has 1 aliphatic rings. The molecule has 1 saturated heterocycles. The summed E-state index contributed by atoms with van der Waals surface area (Å²) in [6.45, 7) is 2.49. The van der Waals surface area contributed by atoms with Gasteiger partial charge in [-0.1, -0.05) is 22.4 Å². The molecule has 0 radical (unpaired) electrons. The van der Waals surface area contributed by atoms with Crippen LogP contribution in [0.1, 0.15) is 31.7 Å². The monoisotopic (exact) mass is 326 g/mol. The highest BCUT2D eigenvalue weighted by atomic mass is 79.9. The van der Waals surface area contributed by atoms with Crippen molar-refractivity contribution in [1.82, 2.24) is 5.32 Å². The van der Waals surface area contributed by atoms with Crippen molar-refractivity contribution in [2.75, 3.05) is 11.9 Å². The van der Waals surface area contributed by atoms with Crippen LogP contribution >= 0.6 is 15.9 Å². The summed E-state index contributed by atoms with van der Waals surface area (Å²) in [6.07, 6.45) is 4.37. The van der Waals surface area contributed by atoms with Crippen LogP contribution in [0.3, 0.4) is 0 Å². The van der Waals surface area contributed by atoms with Crippen LogP contribution in [0.15, 0.2) is 16.6 Å². The number of phenolic OH excluding ortho intramolecular Hbond substituents is 1. The fraction of sp³-hybridized carbons (Fsp3) is 0.500. The molecule has 0 aliphatic carbocycles. The molecule has 19 heavy (non-hydrogen) atoms. The summed E-state index contributed by atoms with van der Waals surface area (Å²) in [5.74, 6) is -0.0598. The Hall–Kier alpha value is -1.07. The lowest BCUT2D eigenvalue weighted by Gasteiger charge is -2.25. The quantitative estimate of drug-likeness (QED) is 0.748. The van der Waals surface area contributed by atoms with E-state index in [1.807, 2.05) is 6.07 Å². The minimum Gasteiger partial charge on any atom is -0.506 e. The van der Waals surface area contributed by atoms with Gasteiger partial charge >= 0.3 is 0 Å². The van der Waals surface area contributed by atoms with Crippen molar-refractivity contribution in [2.24, 2.45) is 0 Å². The van der Waals surface area contributed by atoms with Crippen molar-refractivity contribution in [3.8, 4) is 5.75 Å². The minimum absolute atomic E-state index is 0.115. The predicted octanol–water partition coefficient (Wildman–Crippen LogP) is 2.80. The largest absolute Gasteiger partial charge is 0.506 e.